The second kappa shape index (κ2) is 8.86. The van der Waals surface area contributed by atoms with Gasteiger partial charge in [-0.3, -0.25) is 4.79 Å². The van der Waals surface area contributed by atoms with Crippen LogP contribution in [0.3, 0.4) is 0 Å². The SMILES string of the molecule is COCCN(C)S(=O)(=O)N1CSC[C@H]1C(=O)Nc1ccc(OC)cc1. The third-order valence-corrected chi connectivity index (χ3v) is 6.92. The average molecular weight is 389 g/mol. The number of methoxy groups -OCH3 is 2. The molecule has 0 radical (unpaired) electrons. The van der Waals surface area contributed by atoms with Crippen LogP contribution in [-0.4, -0.2) is 75.0 Å². The summed E-state index contributed by atoms with van der Waals surface area (Å²) in [5, 5.41) is 2.76. The molecular formula is C15H23N3O5S2. The minimum absolute atomic E-state index is 0.229. The number of amides is 1. The van der Waals surface area contributed by atoms with Gasteiger partial charge in [0.05, 0.1) is 19.6 Å². The first-order valence-electron chi connectivity index (χ1n) is 7.65. The van der Waals surface area contributed by atoms with E-state index in [1.807, 2.05) is 0 Å². The molecule has 1 amide bonds. The highest BCUT2D eigenvalue weighted by molar-refractivity contribution is 8.00. The van der Waals surface area contributed by atoms with E-state index in [2.05, 4.69) is 5.32 Å². The maximum absolute atomic E-state index is 12.7. The zero-order chi connectivity index (χ0) is 18.4. The van der Waals surface area contributed by atoms with Gasteiger partial charge in [-0.25, -0.2) is 0 Å². The third kappa shape index (κ3) is 4.85. The first-order valence-corrected chi connectivity index (χ1v) is 10.2. The molecule has 2 rings (SSSR count). The molecule has 0 unspecified atom stereocenters. The van der Waals surface area contributed by atoms with Crippen LogP contribution in [0.5, 0.6) is 5.75 Å². The van der Waals surface area contributed by atoms with Crippen LogP contribution in [0, 0.1) is 0 Å². The maximum Gasteiger partial charge on any atom is 0.283 e. The molecule has 1 heterocycles. The van der Waals surface area contributed by atoms with Crippen LogP contribution in [0.25, 0.3) is 0 Å². The number of thioether (sulfide) groups is 1. The second-order valence-corrected chi connectivity index (χ2v) is 8.43. The summed E-state index contributed by atoms with van der Waals surface area (Å²) in [7, 11) is 0.832. The number of carbonyl (C=O) groups is 1. The fourth-order valence-electron chi connectivity index (χ4n) is 2.28. The van der Waals surface area contributed by atoms with Crippen LogP contribution in [0.2, 0.25) is 0 Å². The summed E-state index contributed by atoms with van der Waals surface area (Å²) in [5.41, 5.74) is 0.591. The van der Waals surface area contributed by atoms with E-state index in [-0.39, 0.29) is 18.3 Å². The number of rotatable bonds is 8. The molecule has 0 aromatic heterocycles. The van der Waals surface area contributed by atoms with E-state index in [0.29, 0.717) is 23.8 Å². The fourth-order valence-corrected chi connectivity index (χ4v) is 5.30. The molecule has 10 heteroatoms. The molecule has 1 aliphatic heterocycles. The predicted molar refractivity (Wildman–Crippen MR) is 98.0 cm³/mol. The van der Waals surface area contributed by atoms with Crippen molar-refractivity contribution in [2.24, 2.45) is 0 Å². The van der Waals surface area contributed by atoms with E-state index in [4.69, 9.17) is 9.47 Å². The van der Waals surface area contributed by atoms with Gasteiger partial charge in [-0.05, 0) is 24.3 Å². The van der Waals surface area contributed by atoms with E-state index in [1.165, 1.54) is 34.5 Å². The maximum atomic E-state index is 12.7. The first-order chi connectivity index (χ1) is 11.9. The highest BCUT2D eigenvalue weighted by atomic mass is 32.2. The van der Waals surface area contributed by atoms with Crippen molar-refractivity contribution in [1.29, 1.82) is 0 Å². The van der Waals surface area contributed by atoms with Crippen molar-refractivity contribution in [3.05, 3.63) is 24.3 Å². The van der Waals surface area contributed by atoms with Gasteiger partial charge in [0.1, 0.15) is 11.8 Å². The lowest BCUT2D eigenvalue weighted by atomic mass is 10.2. The van der Waals surface area contributed by atoms with Gasteiger partial charge in [0, 0.05) is 32.1 Å². The van der Waals surface area contributed by atoms with Gasteiger partial charge in [-0.1, -0.05) is 0 Å². The van der Waals surface area contributed by atoms with E-state index >= 15 is 0 Å². The van der Waals surface area contributed by atoms with Gasteiger partial charge < -0.3 is 14.8 Å². The molecule has 25 heavy (non-hydrogen) atoms. The molecule has 8 nitrogen and oxygen atoms in total. The van der Waals surface area contributed by atoms with Crippen molar-refractivity contribution >= 4 is 33.6 Å². The minimum atomic E-state index is -3.72. The van der Waals surface area contributed by atoms with Gasteiger partial charge in [0.25, 0.3) is 10.2 Å². The van der Waals surface area contributed by atoms with Crippen molar-refractivity contribution in [1.82, 2.24) is 8.61 Å². The van der Waals surface area contributed by atoms with E-state index in [9.17, 15) is 13.2 Å². The third-order valence-electron chi connectivity index (χ3n) is 3.80. The average Bonchev–Trinajstić information content (AvgIpc) is 3.11. The zero-order valence-corrected chi connectivity index (χ0v) is 16.1. The second-order valence-electron chi connectivity index (χ2n) is 5.44. The number of nitrogens with one attached hydrogen (secondary N) is 1. The minimum Gasteiger partial charge on any atom is -0.497 e. The molecule has 1 aliphatic rings. The highest BCUT2D eigenvalue weighted by Crippen LogP contribution is 2.27. The molecule has 1 aromatic rings. The molecule has 0 spiro atoms. The van der Waals surface area contributed by atoms with Crippen molar-refractivity contribution in [3.8, 4) is 5.75 Å². The van der Waals surface area contributed by atoms with Crippen molar-refractivity contribution < 1.29 is 22.7 Å². The number of likely N-dealkylation sites (N-methyl/N-ethyl adjacent to an activating group) is 1. The fraction of sp³-hybridized carbons (Fsp3) is 0.533. The van der Waals surface area contributed by atoms with Gasteiger partial charge in [0.15, 0.2) is 0 Å². The topological polar surface area (TPSA) is 88.2 Å². The Bertz CT molecular complexity index is 681. The number of nitrogens with zero attached hydrogens (tertiary/aromatic N) is 2. The molecule has 0 saturated carbocycles. The van der Waals surface area contributed by atoms with E-state index < -0.39 is 16.3 Å². The molecule has 1 fully saturated rings. The molecule has 0 aliphatic carbocycles. The van der Waals surface area contributed by atoms with Crippen LogP contribution < -0.4 is 10.1 Å². The largest absolute Gasteiger partial charge is 0.497 e. The van der Waals surface area contributed by atoms with Crippen molar-refractivity contribution in [2.75, 3.05) is 51.4 Å². The Balaban J connectivity index is 2.07. The Labute approximate surface area is 152 Å². The summed E-state index contributed by atoms with van der Waals surface area (Å²) in [6.45, 7) is 0.520. The Morgan fingerprint density at radius 2 is 2.04 bits per heavy atom. The molecule has 0 bridgehead atoms. The number of hydrogen-bond donors (Lipinski definition) is 1. The summed E-state index contributed by atoms with van der Waals surface area (Å²) in [4.78, 5) is 12.6. The Morgan fingerprint density at radius 1 is 1.36 bits per heavy atom. The lowest BCUT2D eigenvalue weighted by molar-refractivity contribution is -0.118. The summed E-state index contributed by atoms with van der Waals surface area (Å²) in [6, 6.07) is 6.13. The van der Waals surface area contributed by atoms with Crippen molar-refractivity contribution in [3.63, 3.8) is 0 Å². The van der Waals surface area contributed by atoms with E-state index in [0.717, 1.165) is 0 Å². The van der Waals surface area contributed by atoms with Crippen LogP contribution >= 0.6 is 11.8 Å². The number of hydrogen-bond acceptors (Lipinski definition) is 6. The highest BCUT2D eigenvalue weighted by Gasteiger charge is 2.41. The summed E-state index contributed by atoms with van der Waals surface area (Å²) in [5.74, 6) is 0.997. The standard InChI is InChI=1S/C15H23N3O5S2/c1-17(8-9-22-2)25(20,21)18-11-24-10-14(18)15(19)16-12-4-6-13(23-3)7-5-12/h4-7,14H,8-11H2,1-3H3,(H,16,19)/t14-/m0/s1. The quantitative estimate of drug-likeness (QED) is 0.709. The summed E-state index contributed by atoms with van der Waals surface area (Å²) in [6.07, 6.45) is 0. The molecule has 140 valence electrons. The molecule has 1 saturated heterocycles. The number of benzene rings is 1. The van der Waals surface area contributed by atoms with Gasteiger partial charge >= 0.3 is 0 Å². The van der Waals surface area contributed by atoms with Gasteiger partial charge in [-0.2, -0.15) is 17.0 Å². The Kier molecular flexibility index (Phi) is 7.08. The molecule has 1 aromatic carbocycles. The predicted octanol–water partition coefficient (Wildman–Crippen LogP) is 0.832. The smallest absolute Gasteiger partial charge is 0.283 e. The lowest BCUT2D eigenvalue weighted by Crippen LogP contribution is -2.50. The van der Waals surface area contributed by atoms with Crippen LogP contribution in [0.4, 0.5) is 5.69 Å². The molecule has 1 N–H and O–H groups in total. The van der Waals surface area contributed by atoms with Crippen LogP contribution in [0.1, 0.15) is 0 Å². The van der Waals surface area contributed by atoms with Gasteiger partial charge in [-0.15, -0.1) is 11.8 Å². The summed E-state index contributed by atoms with van der Waals surface area (Å²) < 4.78 is 37.8. The van der Waals surface area contributed by atoms with Crippen LogP contribution in [0.15, 0.2) is 24.3 Å². The van der Waals surface area contributed by atoms with Crippen LogP contribution in [-0.2, 0) is 19.7 Å². The first kappa shape index (κ1) is 20.0. The monoisotopic (exact) mass is 389 g/mol. The number of ether oxygens (including phenoxy) is 2. The molecular weight excluding hydrogens is 366 g/mol. The molecule has 1 atom stereocenters. The summed E-state index contributed by atoms with van der Waals surface area (Å²) >= 11 is 1.41. The lowest BCUT2D eigenvalue weighted by Gasteiger charge is -2.27. The van der Waals surface area contributed by atoms with Crippen molar-refractivity contribution in [2.45, 2.75) is 6.04 Å². The normalized spacial score (nSPS) is 18.5. The Hall–Kier alpha value is -1.33. The zero-order valence-electron chi connectivity index (χ0n) is 14.5. The van der Waals surface area contributed by atoms with E-state index in [1.54, 1.807) is 31.4 Å². The number of carbonyl (C=O) groups excluding carboxylic acids is 1. The Morgan fingerprint density at radius 3 is 2.64 bits per heavy atom. The number of anilines is 1. The van der Waals surface area contributed by atoms with Gasteiger partial charge in [0.2, 0.25) is 5.91 Å².